The van der Waals surface area contributed by atoms with E-state index in [-0.39, 0.29) is 21.1 Å². The molecule has 0 heterocycles. The summed E-state index contributed by atoms with van der Waals surface area (Å²) in [5.74, 6) is 0. The van der Waals surface area contributed by atoms with Crippen molar-refractivity contribution < 1.29 is 72.7 Å². The minimum absolute atomic E-state index is 0. The van der Waals surface area contributed by atoms with Crippen LogP contribution in [0.4, 0.5) is 0 Å². The Balaban J connectivity index is -0.0000000147. The van der Waals surface area contributed by atoms with Crippen molar-refractivity contribution in [3.8, 4) is 0 Å². The fourth-order valence-electron chi connectivity index (χ4n) is 0. The average molecular weight is 452 g/mol. The summed E-state index contributed by atoms with van der Waals surface area (Å²) >= 11 is 7.48. The maximum atomic E-state index is 4.21. The third-order valence-electron chi connectivity index (χ3n) is 0. The minimum atomic E-state index is 0. The van der Waals surface area contributed by atoms with Gasteiger partial charge in [-0.15, -0.1) is 0 Å². The molecule has 8 heteroatoms. The number of thiol groups is 1. The van der Waals surface area contributed by atoms with Gasteiger partial charge in [-0.3, -0.25) is 0 Å². The fraction of sp³-hybridized carbons (Fsp3) is 0. The molecular formula is HMo2S4Zn2. The van der Waals surface area contributed by atoms with Crippen LogP contribution < -0.4 is 0 Å². The van der Waals surface area contributed by atoms with Gasteiger partial charge in [0.2, 0.25) is 0 Å². The third-order valence-corrected chi connectivity index (χ3v) is 0. The Hall–Kier alpha value is 3.76. The SMILES string of the molecule is S[S][Mo].[Mo].[S]=[Zn].[S]=[Zn]. The summed E-state index contributed by atoms with van der Waals surface area (Å²) in [4.78, 5) is 0. The molecule has 0 rings (SSSR count). The van der Waals surface area contributed by atoms with Crippen molar-refractivity contribution in [1.29, 1.82) is 0 Å². The van der Waals surface area contributed by atoms with Gasteiger partial charge < -0.3 is 0 Å². The van der Waals surface area contributed by atoms with Crippen LogP contribution in [0.2, 0.25) is 0 Å². The van der Waals surface area contributed by atoms with E-state index in [9.17, 15) is 0 Å². The molecule has 0 unspecified atom stereocenters. The quantitative estimate of drug-likeness (QED) is 0.341. The van der Waals surface area contributed by atoms with Crippen molar-refractivity contribution in [3.05, 3.63) is 0 Å². The molecule has 0 aliphatic rings. The second kappa shape index (κ2) is 45.2. The monoisotopic (exact) mass is 453 g/mol. The first kappa shape index (κ1) is 22.6. The third kappa shape index (κ3) is 52.9. The van der Waals surface area contributed by atoms with Crippen LogP contribution >= 0.6 is 40.4 Å². The van der Waals surface area contributed by atoms with E-state index in [1.165, 1.54) is 8.50 Å². The van der Waals surface area contributed by atoms with Crippen LogP contribution in [0, 0.1) is 0 Å². The number of hydrogen-bond donors (Lipinski definition) is 1. The Morgan fingerprint density at radius 3 is 1.25 bits per heavy atom. The molecule has 0 fully saturated rings. The fourth-order valence-corrected chi connectivity index (χ4v) is 0. The molecule has 0 nitrogen and oxygen atoms in total. The number of rotatable bonds is 0. The molecule has 8 heavy (non-hydrogen) atoms. The van der Waals surface area contributed by atoms with E-state index in [0.29, 0.717) is 0 Å². The van der Waals surface area contributed by atoms with Gasteiger partial charge in [-0.05, 0) is 0 Å². The summed E-state index contributed by atoms with van der Waals surface area (Å²) in [6, 6.07) is 0. The summed E-state index contributed by atoms with van der Waals surface area (Å²) in [5, 5.41) is 0. The van der Waals surface area contributed by atoms with Gasteiger partial charge in [-0.2, -0.15) is 0 Å². The first-order chi connectivity index (χ1) is 3.41. The Morgan fingerprint density at radius 1 is 1.25 bits per heavy atom. The van der Waals surface area contributed by atoms with Crippen LogP contribution in [0.5, 0.6) is 0 Å². The molecule has 0 N–H and O–H groups in total. The summed E-state index contributed by atoms with van der Waals surface area (Å²) in [6.07, 6.45) is 0. The van der Waals surface area contributed by atoms with Crippen molar-refractivity contribution in [2.24, 2.45) is 0 Å². The Bertz CT molecular complexity index is 19.5. The standard InChI is InChI=1S/2Mo.H2S2.2S.2Zn/c;;1-2;;;;/h;;1-2H;;;;/q;+1;;;;;/p-1. The zero-order chi connectivity index (χ0) is 6.71. The summed E-state index contributed by atoms with van der Waals surface area (Å²) in [6.45, 7) is 0. The molecule has 0 aromatic heterocycles. The van der Waals surface area contributed by atoms with Gasteiger partial charge in [0.1, 0.15) is 0 Å². The topological polar surface area (TPSA) is 0 Å². The zero-order valence-corrected chi connectivity index (χ0v) is 17.2. The summed E-state index contributed by atoms with van der Waals surface area (Å²) < 4.78 is 0. The van der Waals surface area contributed by atoms with Crippen LogP contribution in [0.1, 0.15) is 0 Å². The molecule has 0 aliphatic heterocycles. The molecule has 0 spiro atoms. The van der Waals surface area contributed by atoms with Crippen molar-refractivity contribution in [2.75, 3.05) is 0 Å². The molecule has 0 aromatic rings. The van der Waals surface area contributed by atoms with Crippen LogP contribution in [0.15, 0.2) is 0 Å². The molecule has 0 aliphatic carbocycles. The second-order valence-electron chi connectivity index (χ2n) is 0.0745. The molecular weight excluding hydrogens is 451 g/mol. The van der Waals surface area contributed by atoms with Crippen molar-refractivity contribution in [1.82, 2.24) is 0 Å². The van der Waals surface area contributed by atoms with Crippen LogP contribution in [-0.4, -0.2) is 0 Å². The van der Waals surface area contributed by atoms with E-state index >= 15 is 0 Å². The predicted molar refractivity (Wildman–Crippen MR) is 31.8 cm³/mol. The molecule has 41 valence electrons. The van der Waals surface area contributed by atoms with Gasteiger partial charge in [0.25, 0.3) is 0 Å². The van der Waals surface area contributed by atoms with Gasteiger partial charge in [0.05, 0.1) is 0 Å². The second-order valence-corrected chi connectivity index (χ2v) is 3.97. The normalized spacial score (nSPS) is 3.62. The van der Waals surface area contributed by atoms with E-state index in [2.05, 4.69) is 31.9 Å². The summed E-state index contributed by atoms with van der Waals surface area (Å²) in [7, 11) is 9.87. The average Bonchev–Trinajstić information content (AvgIpc) is 1.78. The predicted octanol–water partition coefficient (Wildman–Crippen LogP) is 2.32. The van der Waals surface area contributed by atoms with Gasteiger partial charge in [0.15, 0.2) is 0 Å². The number of hydrogen-bond acceptors (Lipinski definition) is 4. The van der Waals surface area contributed by atoms with Gasteiger partial charge >= 0.3 is 92.0 Å². The zero-order valence-electron chi connectivity index (χ0n) is 3.90. The molecule has 0 bridgehead atoms. The molecule has 0 aromatic carbocycles. The van der Waals surface area contributed by atoms with E-state index in [4.69, 9.17) is 0 Å². The summed E-state index contributed by atoms with van der Waals surface area (Å²) in [5.41, 5.74) is 0. The van der Waals surface area contributed by atoms with Crippen LogP contribution in [0.3, 0.4) is 0 Å². The van der Waals surface area contributed by atoms with Gasteiger partial charge in [0, 0.05) is 21.1 Å². The van der Waals surface area contributed by atoms with Crippen molar-refractivity contribution >= 4 is 40.4 Å². The van der Waals surface area contributed by atoms with E-state index in [0.717, 1.165) is 33.1 Å². The van der Waals surface area contributed by atoms with Crippen molar-refractivity contribution in [2.45, 2.75) is 0 Å². The first-order valence-corrected chi connectivity index (χ1v) is 13.6. The van der Waals surface area contributed by atoms with E-state index in [1.807, 2.05) is 18.5 Å². The Morgan fingerprint density at radius 2 is 1.25 bits per heavy atom. The van der Waals surface area contributed by atoms with Crippen LogP contribution in [-0.2, 0) is 72.7 Å². The molecule has 0 saturated heterocycles. The van der Waals surface area contributed by atoms with Crippen LogP contribution in [0.25, 0.3) is 0 Å². The molecule has 0 radical (unpaired) electrons. The Kier molecular flexibility index (Phi) is 128. The van der Waals surface area contributed by atoms with Gasteiger partial charge in [-0.25, -0.2) is 0 Å². The first-order valence-electron chi connectivity index (χ1n) is 0.927. The Labute approximate surface area is 111 Å². The molecule has 0 atom stereocenters. The molecule has 0 amide bonds. The maximum absolute atomic E-state index is 4.21. The van der Waals surface area contributed by atoms with E-state index < -0.39 is 0 Å². The molecule has 0 saturated carbocycles. The van der Waals surface area contributed by atoms with Gasteiger partial charge in [-0.1, -0.05) is 0 Å². The van der Waals surface area contributed by atoms with E-state index in [1.54, 1.807) is 0 Å². The van der Waals surface area contributed by atoms with Crippen molar-refractivity contribution in [3.63, 3.8) is 0 Å².